The van der Waals surface area contributed by atoms with Crippen molar-refractivity contribution in [1.29, 1.82) is 0 Å². The molecule has 0 saturated heterocycles. The van der Waals surface area contributed by atoms with Crippen LogP contribution in [0.4, 0.5) is 5.69 Å². The highest BCUT2D eigenvalue weighted by Gasteiger charge is 2.01. The SMILES string of the molecule is Cc1nc(Br)ccc1NCc1cnco1. The molecule has 5 heteroatoms. The number of hydrogen-bond acceptors (Lipinski definition) is 4. The summed E-state index contributed by atoms with van der Waals surface area (Å²) in [5, 5.41) is 3.23. The second-order valence-electron chi connectivity index (χ2n) is 3.09. The number of rotatable bonds is 3. The van der Waals surface area contributed by atoms with Crippen LogP contribution in [0.5, 0.6) is 0 Å². The zero-order chi connectivity index (χ0) is 10.7. The molecule has 2 aromatic rings. The van der Waals surface area contributed by atoms with Crippen LogP contribution in [0.2, 0.25) is 0 Å². The molecule has 4 nitrogen and oxygen atoms in total. The highest BCUT2D eigenvalue weighted by atomic mass is 79.9. The first kappa shape index (κ1) is 10.2. The van der Waals surface area contributed by atoms with E-state index < -0.39 is 0 Å². The fraction of sp³-hybridized carbons (Fsp3) is 0.200. The fourth-order valence-electron chi connectivity index (χ4n) is 1.23. The second kappa shape index (κ2) is 4.44. The van der Waals surface area contributed by atoms with Gasteiger partial charge in [-0.05, 0) is 35.0 Å². The third kappa shape index (κ3) is 2.56. The molecule has 0 saturated carbocycles. The molecule has 2 rings (SSSR count). The summed E-state index contributed by atoms with van der Waals surface area (Å²) in [5.41, 5.74) is 1.94. The van der Waals surface area contributed by atoms with E-state index in [2.05, 4.69) is 31.2 Å². The van der Waals surface area contributed by atoms with Crippen molar-refractivity contribution >= 4 is 21.6 Å². The molecule has 0 aliphatic rings. The highest BCUT2D eigenvalue weighted by molar-refractivity contribution is 9.10. The molecule has 2 heterocycles. The number of halogens is 1. The van der Waals surface area contributed by atoms with Crippen LogP contribution in [-0.4, -0.2) is 9.97 Å². The van der Waals surface area contributed by atoms with Gasteiger partial charge in [-0.3, -0.25) is 0 Å². The lowest BCUT2D eigenvalue weighted by Gasteiger charge is -2.06. The average molecular weight is 268 g/mol. The van der Waals surface area contributed by atoms with Crippen molar-refractivity contribution in [2.75, 3.05) is 5.32 Å². The topological polar surface area (TPSA) is 51.0 Å². The Morgan fingerprint density at radius 2 is 2.33 bits per heavy atom. The zero-order valence-electron chi connectivity index (χ0n) is 8.20. The Morgan fingerprint density at radius 1 is 1.47 bits per heavy atom. The lowest BCUT2D eigenvalue weighted by atomic mass is 10.3. The first-order chi connectivity index (χ1) is 7.25. The van der Waals surface area contributed by atoms with Crippen molar-refractivity contribution in [3.63, 3.8) is 0 Å². The van der Waals surface area contributed by atoms with Crippen LogP contribution in [0.25, 0.3) is 0 Å². The van der Waals surface area contributed by atoms with Gasteiger partial charge in [-0.1, -0.05) is 0 Å². The first-order valence-corrected chi connectivity index (χ1v) is 5.29. The largest absolute Gasteiger partial charge is 0.447 e. The van der Waals surface area contributed by atoms with Gasteiger partial charge in [0.15, 0.2) is 6.39 Å². The van der Waals surface area contributed by atoms with E-state index in [1.54, 1.807) is 6.20 Å². The quantitative estimate of drug-likeness (QED) is 0.869. The van der Waals surface area contributed by atoms with E-state index in [1.807, 2.05) is 19.1 Å². The van der Waals surface area contributed by atoms with Gasteiger partial charge in [-0.15, -0.1) is 0 Å². The summed E-state index contributed by atoms with van der Waals surface area (Å²) in [5.74, 6) is 0.803. The maximum absolute atomic E-state index is 5.12. The van der Waals surface area contributed by atoms with Gasteiger partial charge in [-0.25, -0.2) is 9.97 Å². The summed E-state index contributed by atoms with van der Waals surface area (Å²) >= 11 is 3.32. The van der Waals surface area contributed by atoms with Gasteiger partial charge < -0.3 is 9.73 Å². The molecule has 0 atom stereocenters. The third-order valence-electron chi connectivity index (χ3n) is 1.99. The third-order valence-corrected chi connectivity index (χ3v) is 2.43. The van der Waals surface area contributed by atoms with E-state index in [9.17, 15) is 0 Å². The summed E-state index contributed by atoms with van der Waals surface area (Å²) in [7, 11) is 0. The normalized spacial score (nSPS) is 10.3. The zero-order valence-corrected chi connectivity index (χ0v) is 9.78. The van der Waals surface area contributed by atoms with Gasteiger partial charge in [0.05, 0.1) is 24.1 Å². The van der Waals surface area contributed by atoms with Crippen molar-refractivity contribution in [2.45, 2.75) is 13.5 Å². The van der Waals surface area contributed by atoms with Crippen LogP contribution in [0, 0.1) is 6.92 Å². The monoisotopic (exact) mass is 267 g/mol. The summed E-state index contributed by atoms with van der Waals surface area (Å²) in [6, 6.07) is 3.87. The first-order valence-electron chi connectivity index (χ1n) is 4.50. The number of hydrogen-bond donors (Lipinski definition) is 1. The molecule has 0 aromatic carbocycles. The summed E-state index contributed by atoms with van der Waals surface area (Å²) < 4.78 is 5.95. The molecule has 0 aliphatic heterocycles. The maximum atomic E-state index is 5.12. The minimum Gasteiger partial charge on any atom is -0.447 e. The van der Waals surface area contributed by atoms with Crippen LogP contribution in [0.15, 0.2) is 33.7 Å². The second-order valence-corrected chi connectivity index (χ2v) is 3.90. The van der Waals surface area contributed by atoms with Gasteiger partial charge in [0, 0.05) is 0 Å². The lowest BCUT2D eigenvalue weighted by Crippen LogP contribution is -2.01. The predicted octanol–water partition coefficient (Wildman–Crippen LogP) is 2.75. The van der Waals surface area contributed by atoms with Crippen LogP contribution in [0.3, 0.4) is 0 Å². The molecule has 0 amide bonds. The summed E-state index contributed by atoms with van der Waals surface area (Å²) in [4.78, 5) is 8.12. The van der Waals surface area contributed by atoms with E-state index in [0.29, 0.717) is 6.54 Å². The number of nitrogens with zero attached hydrogens (tertiary/aromatic N) is 2. The van der Waals surface area contributed by atoms with Crippen molar-refractivity contribution in [2.24, 2.45) is 0 Å². The van der Waals surface area contributed by atoms with E-state index in [1.165, 1.54) is 6.39 Å². The Balaban J connectivity index is 2.05. The van der Waals surface area contributed by atoms with E-state index in [-0.39, 0.29) is 0 Å². The molecule has 0 radical (unpaired) electrons. The Bertz CT molecular complexity index is 442. The van der Waals surface area contributed by atoms with Crippen LogP contribution in [-0.2, 0) is 6.54 Å². The summed E-state index contributed by atoms with van der Waals surface area (Å²) in [6.45, 7) is 2.57. The predicted molar refractivity (Wildman–Crippen MR) is 60.5 cm³/mol. The van der Waals surface area contributed by atoms with Crippen molar-refractivity contribution < 1.29 is 4.42 Å². The average Bonchev–Trinajstić information content (AvgIpc) is 2.69. The summed E-state index contributed by atoms with van der Waals surface area (Å²) in [6.07, 6.45) is 3.11. The number of anilines is 1. The van der Waals surface area contributed by atoms with Crippen LogP contribution >= 0.6 is 15.9 Å². The standard InChI is InChI=1S/C10H10BrN3O/c1-7-9(2-3-10(11)14-7)13-5-8-4-12-6-15-8/h2-4,6,13H,5H2,1H3. The molecule has 0 fully saturated rings. The number of aromatic nitrogens is 2. The van der Waals surface area contributed by atoms with Crippen LogP contribution in [0.1, 0.15) is 11.5 Å². The Kier molecular flexibility index (Phi) is 3.01. The minimum atomic E-state index is 0.615. The molecule has 0 aliphatic carbocycles. The molecule has 2 aromatic heterocycles. The lowest BCUT2D eigenvalue weighted by molar-refractivity contribution is 0.511. The number of oxazole rings is 1. The molecule has 0 bridgehead atoms. The molecular formula is C10H10BrN3O. The van der Waals surface area contributed by atoms with Gasteiger partial charge in [-0.2, -0.15) is 0 Å². The van der Waals surface area contributed by atoms with Gasteiger partial charge in [0.25, 0.3) is 0 Å². The number of nitrogens with one attached hydrogen (secondary N) is 1. The van der Waals surface area contributed by atoms with E-state index >= 15 is 0 Å². The Morgan fingerprint density at radius 3 is 3.00 bits per heavy atom. The van der Waals surface area contributed by atoms with Crippen LogP contribution < -0.4 is 5.32 Å². The van der Waals surface area contributed by atoms with E-state index in [4.69, 9.17) is 4.42 Å². The molecule has 15 heavy (non-hydrogen) atoms. The smallest absolute Gasteiger partial charge is 0.180 e. The number of pyridine rings is 1. The minimum absolute atomic E-state index is 0.615. The molecular weight excluding hydrogens is 258 g/mol. The molecule has 0 unspecified atom stereocenters. The molecule has 78 valence electrons. The van der Waals surface area contributed by atoms with Gasteiger partial charge >= 0.3 is 0 Å². The van der Waals surface area contributed by atoms with Gasteiger partial charge in [0.1, 0.15) is 10.4 Å². The van der Waals surface area contributed by atoms with E-state index in [0.717, 1.165) is 21.7 Å². The molecule has 1 N–H and O–H groups in total. The van der Waals surface area contributed by atoms with Crippen molar-refractivity contribution in [3.8, 4) is 0 Å². The van der Waals surface area contributed by atoms with Crippen molar-refractivity contribution in [1.82, 2.24) is 9.97 Å². The maximum Gasteiger partial charge on any atom is 0.180 e. The Hall–Kier alpha value is -1.36. The van der Waals surface area contributed by atoms with Crippen molar-refractivity contribution in [3.05, 3.63) is 40.8 Å². The van der Waals surface area contributed by atoms with Gasteiger partial charge in [0.2, 0.25) is 0 Å². The Labute approximate surface area is 95.9 Å². The molecule has 0 spiro atoms. The fourth-order valence-corrected chi connectivity index (χ4v) is 1.63. The highest BCUT2D eigenvalue weighted by Crippen LogP contribution is 2.16. The number of aryl methyl sites for hydroxylation is 1.